The maximum atomic E-state index is 10.8. The van der Waals surface area contributed by atoms with E-state index in [4.69, 9.17) is 5.73 Å². The third kappa shape index (κ3) is 1.83. The summed E-state index contributed by atoms with van der Waals surface area (Å²) < 4.78 is 0. The van der Waals surface area contributed by atoms with Gasteiger partial charge in [-0.3, -0.25) is 4.79 Å². The Hall–Kier alpha value is -1.02. The lowest BCUT2D eigenvalue weighted by Gasteiger charge is -2.00. The van der Waals surface area contributed by atoms with Crippen molar-refractivity contribution in [3.63, 3.8) is 0 Å². The fraction of sp³-hybridized carbons (Fsp3) is 0.300. The van der Waals surface area contributed by atoms with Gasteiger partial charge in [0.2, 0.25) is 5.91 Å². The van der Waals surface area contributed by atoms with E-state index >= 15 is 0 Å². The van der Waals surface area contributed by atoms with Gasteiger partial charge in [0.15, 0.2) is 0 Å². The van der Waals surface area contributed by atoms with Crippen molar-refractivity contribution in [1.82, 2.24) is 0 Å². The highest BCUT2D eigenvalue weighted by atomic mass is 35.5. The van der Waals surface area contributed by atoms with Gasteiger partial charge in [0, 0.05) is 5.56 Å². The van der Waals surface area contributed by atoms with Crippen LogP contribution in [0.15, 0.2) is 18.2 Å². The highest BCUT2D eigenvalue weighted by Gasteiger charge is 2.11. The summed E-state index contributed by atoms with van der Waals surface area (Å²) in [7, 11) is 0. The van der Waals surface area contributed by atoms with Gasteiger partial charge < -0.3 is 5.73 Å². The largest absolute Gasteiger partial charge is 0.366 e. The molecule has 13 heavy (non-hydrogen) atoms. The first-order valence-corrected chi connectivity index (χ1v) is 4.19. The number of halogens is 1. The second kappa shape index (κ2) is 3.79. The molecule has 3 heteroatoms. The summed E-state index contributed by atoms with van der Waals surface area (Å²) >= 11 is 0. The molecule has 0 atom stereocenters. The summed E-state index contributed by atoms with van der Waals surface area (Å²) in [4.78, 5) is 10.8. The molecule has 1 amide bonds. The lowest BCUT2D eigenvalue weighted by Crippen LogP contribution is -2.11. The van der Waals surface area contributed by atoms with Gasteiger partial charge >= 0.3 is 0 Å². The van der Waals surface area contributed by atoms with Crippen molar-refractivity contribution in [2.75, 3.05) is 0 Å². The van der Waals surface area contributed by atoms with E-state index < -0.39 is 0 Å². The van der Waals surface area contributed by atoms with Crippen LogP contribution in [-0.4, -0.2) is 5.91 Å². The zero-order valence-electron chi connectivity index (χ0n) is 7.25. The number of amides is 1. The van der Waals surface area contributed by atoms with Gasteiger partial charge in [-0.25, -0.2) is 0 Å². The average molecular weight is 198 g/mol. The molecule has 1 aliphatic carbocycles. The monoisotopic (exact) mass is 197 g/mol. The molecule has 0 fully saturated rings. The second-order valence-corrected chi connectivity index (χ2v) is 3.20. The van der Waals surface area contributed by atoms with E-state index in [-0.39, 0.29) is 18.3 Å². The van der Waals surface area contributed by atoms with Crippen LogP contribution in [-0.2, 0) is 12.8 Å². The highest BCUT2D eigenvalue weighted by molar-refractivity contribution is 5.93. The van der Waals surface area contributed by atoms with Crippen molar-refractivity contribution < 1.29 is 4.79 Å². The molecule has 0 aromatic heterocycles. The van der Waals surface area contributed by atoms with Crippen LogP contribution in [0.2, 0.25) is 0 Å². The maximum absolute atomic E-state index is 10.8. The summed E-state index contributed by atoms with van der Waals surface area (Å²) in [6.07, 6.45) is 3.45. The number of carbonyl (C=O) groups is 1. The molecule has 0 saturated heterocycles. The third-order valence-corrected chi connectivity index (χ3v) is 2.38. The van der Waals surface area contributed by atoms with Crippen LogP contribution < -0.4 is 5.73 Å². The number of fused-ring (bicyclic) bond motifs is 1. The molecule has 2 N–H and O–H groups in total. The second-order valence-electron chi connectivity index (χ2n) is 3.20. The van der Waals surface area contributed by atoms with Gasteiger partial charge in [-0.2, -0.15) is 0 Å². The molecule has 0 saturated carbocycles. The average Bonchev–Trinajstić information content (AvgIpc) is 2.49. The number of carbonyl (C=O) groups excluding carboxylic acids is 1. The summed E-state index contributed by atoms with van der Waals surface area (Å²) in [5.74, 6) is -0.329. The molecule has 70 valence electrons. The van der Waals surface area contributed by atoms with Crippen LogP contribution in [0.5, 0.6) is 0 Å². The van der Waals surface area contributed by atoms with E-state index in [0.717, 1.165) is 12.8 Å². The van der Waals surface area contributed by atoms with Gasteiger partial charge in [0.05, 0.1) is 0 Å². The Labute approximate surface area is 83.5 Å². The fourth-order valence-electron chi connectivity index (χ4n) is 1.73. The Morgan fingerprint density at radius 1 is 1.23 bits per heavy atom. The summed E-state index contributed by atoms with van der Waals surface area (Å²) in [5, 5.41) is 0. The standard InChI is InChI=1S/C10H11NO.ClH/c11-10(12)9-5-4-7-2-1-3-8(7)6-9;/h4-6H,1-3H2,(H2,11,12);1H. The van der Waals surface area contributed by atoms with E-state index in [0.29, 0.717) is 5.56 Å². The highest BCUT2D eigenvalue weighted by Crippen LogP contribution is 2.22. The number of hydrogen-bond donors (Lipinski definition) is 1. The van der Waals surface area contributed by atoms with Crippen molar-refractivity contribution in [2.24, 2.45) is 5.73 Å². The smallest absolute Gasteiger partial charge is 0.248 e. The molecule has 0 radical (unpaired) electrons. The predicted octanol–water partition coefficient (Wildman–Crippen LogP) is 1.70. The van der Waals surface area contributed by atoms with Crippen molar-refractivity contribution >= 4 is 18.3 Å². The molecule has 0 aliphatic heterocycles. The Morgan fingerprint density at radius 3 is 2.62 bits per heavy atom. The van der Waals surface area contributed by atoms with E-state index in [1.165, 1.54) is 17.5 Å². The normalized spacial score (nSPS) is 13.2. The Kier molecular flexibility index (Phi) is 2.94. The van der Waals surface area contributed by atoms with Gasteiger partial charge in [-0.15, -0.1) is 12.4 Å². The van der Waals surface area contributed by atoms with Crippen molar-refractivity contribution in [3.8, 4) is 0 Å². The number of nitrogens with two attached hydrogens (primary N) is 1. The lowest BCUT2D eigenvalue weighted by molar-refractivity contribution is 0.1000. The molecular formula is C10H12ClNO. The molecule has 1 aromatic carbocycles. The number of benzene rings is 1. The SMILES string of the molecule is Cl.NC(=O)c1ccc2c(c1)CCC2. The maximum Gasteiger partial charge on any atom is 0.248 e. The van der Waals surface area contributed by atoms with Gasteiger partial charge in [-0.05, 0) is 42.5 Å². The fourth-order valence-corrected chi connectivity index (χ4v) is 1.73. The number of primary amides is 1. The molecule has 0 spiro atoms. The Balaban J connectivity index is 0.000000845. The first-order chi connectivity index (χ1) is 5.77. The molecule has 0 unspecified atom stereocenters. The summed E-state index contributed by atoms with van der Waals surface area (Å²) in [6, 6.07) is 5.75. The van der Waals surface area contributed by atoms with Gasteiger partial charge in [0.1, 0.15) is 0 Å². The molecule has 1 aliphatic rings. The van der Waals surface area contributed by atoms with Crippen LogP contribution >= 0.6 is 12.4 Å². The zero-order chi connectivity index (χ0) is 8.55. The quantitative estimate of drug-likeness (QED) is 0.732. The summed E-state index contributed by atoms with van der Waals surface area (Å²) in [6.45, 7) is 0. The molecule has 0 bridgehead atoms. The van der Waals surface area contributed by atoms with Crippen LogP contribution in [0.3, 0.4) is 0 Å². The number of hydrogen-bond acceptors (Lipinski definition) is 1. The van der Waals surface area contributed by atoms with E-state index in [1.807, 2.05) is 18.2 Å². The molecular weight excluding hydrogens is 186 g/mol. The first-order valence-electron chi connectivity index (χ1n) is 4.19. The lowest BCUT2D eigenvalue weighted by atomic mass is 10.1. The van der Waals surface area contributed by atoms with E-state index in [1.54, 1.807) is 0 Å². The minimum atomic E-state index is -0.329. The van der Waals surface area contributed by atoms with E-state index in [9.17, 15) is 4.79 Å². The number of rotatable bonds is 1. The minimum Gasteiger partial charge on any atom is -0.366 e. The molecule has 2 rings (SSSR count). The topological polar surface area (TPSA) is 43.1 Å². The number of aryl methyl sites for hydroxylation is 2. The van der Waals surface area contributed by atoms with Crippen molar-refractivity contribution in [3.05, 3.63) is 34.9 Å². The summed E-state index contributed by atoms with van der Waals surface area (Å²) in [5.41, 5.74) is 8.48. The van der Waals surface area contributed by atoms with Crippen molar-refractivity contribution in [1.29, 1.82) is 0 Å². The minimum absolute atomic E-state index is 0. The third-order valence-electron chi connectivity index (χ3n) is 2.38. The molecule has 0 heterocycles. The Morgan fingerprint density at radius 2 is 1.92 bits per heavy atom. The van der Waals surface area contributed by atoms with Gasteiger partial charge in [0.25, 0.3) is 0 Å². The van der Waals surface area contributed by atoms with Crippen molar-refractivity contribution in [2.45, 2.75) is 19.3 Å². The predicted molar refractivity (Wildman–Crippen MR) is 54.2 cm³/mol. The zero-order valence-corrected chi connectivity index (χ0v) is 8.06. The van der Waals surface area contributed by atoms with E-state index in [2.05, 4.69) is 0 Å². The molecule has 2 nitrogen and oxygen atoms in total. The molecule has 1 aromatic rings. The first kappa shape index (κ1) is 10.1. The van der Waals surface area contributed by atoms with Crippen LogP contribution in [0.1, 0.15) is 27.9 Å². The van der Waals surface area contributed by atoms with Gasteiger partial charge in [-0.1, -0.05) is 6.07 Å². The van der Waals surface area contributed by atoms with Crippen LogP contribution in [0.4, 0.5) is 0 Å². The Bertz CT molecular complexity index is 336. The van der Waals surface area contributed by atoms with Crippen LogP contribution in [0.25, 0.3) is 0 Å². The van der Waals surface area contributed by atoms with Crippen LogP contribution in [0, 0.1) is 0 Å².